The summed E-state index contributed by atoms with van der Waals surface area (Å²) in [6.45, 7) is 3.55. The lowest BCUT2D eigenvalue weighted by Crippen LogP contribution is -2.44. The van der Waals surface area contributed by atoms with Crippen molar-refractivity contribution in [3.63, 3.8) is 0 Å². The lowest BCUT2D eigenvalue weighted by molar-refractivity contribution is -0.172. The smallest absolute Gasteiger partial charge is 0.343 e. The van der Waals surface area contributed by atoms with Gasteiger partial charge in [0.1, 0.15) is 12.4 Å². The second kappa shape index (κ2) is 7.09. The molecule has 0 amide bonds. The number of pyridine rings is 2. The molecule has 4 heterocycles. The van der Waals surface area contributed by atoms with Crippen LogP contribution >= 0.6 is 12.4 Å². The van der Waals surface area contributed by atoms with Crippen LogP contribution in [0.15, 0.2) is 16.9 Å². The minimum Gasteiger partial charge on any atom is -0.458 e. The van der Waals surface area contributed by atoms with Crippen molar-refractivity contribution in [3.05, 3.63) is 61.7 Å². The number of cyclic esters (lactones) is 1. The largest absolute Gasteiger partial charge is 0.458 e. The van der Waals surface area contributed by atoms with Gasteiger partial charge in [-0.1, -0.05) is 6.92 Å². The van der Waals surface area contributed by atoms with Crippen LogP contribution in [0.4, 0.5) is 4.39 Å². The SMILES string of the molecule is CC[C@@]1(O)C(=O)OCc2c1cc1n(c2=O)Cc2c-1nc1cc(F)c(C)c3c1c2[C@@H](N)CC3.Cl. The van der Waals surface area contributed by atoms with Gasteiger partial charge in [-0.3, -0.25) is 4.79 Å². The number of aryl methyl sites for hydroxylation is 1. The highest BCUT2D eigenvalue weighted by molar-refractivity contribution is 5.93. The van der Waals surface area contributed by atoms with Crippen molar-refractivity contribution in [2.75, 3.05) is 0 Å². The normalized spacial score (nSPS) is 22.3. The Labute approximate surface area is 194 Å². The van der Waals surface area contributed by atoms with E-state index in [2.05, 4.69) is 0 Å². The van der Waals surface area contributed by atoms with Crippen LogP contribution in [0, 0.1) is 12.7 Å². The number of ether oxygens (including phenoxy) is 1. The van der Waals surface area contributed by atoms with Crippen LogP contribution in [0.2, 0.25) is 0 Å². The van der Waals surface area contributed by atoms with Gasteiger partial charge in [0.25, 0.3) is 5.56 Å². The highest BCUT2D eigenvalue weighted by Crippen LogP contribution is 2.45. The number of hydrogen-bond donors (Lipinski definition) is 2. The minimum absolute atomic E-state index is 0. The van der Waals surface area contributed by atoms with E-state index in [1.165, 1.54) is 6.07 Å². The average molecular weight is 472 g/mol. The van der Waals surface area contributed by atoms with Gasteiger partial charge in [0, 0.05) is 28.6 Å². The van der Waals surface area contributed by atoms with Gasteiger partial charge in [-0.05, 0) is 48.9 Å². The molecule has 3 N–H and O–H groups in total. The zero-order chi connectivity index (χ0) is 22.5. The molecule has 7 nitrogen and oxygen atoms in total. The fourth-order valence-electron chi connectivity index (χ4n) is 5.59. The summed E-state index contributed by atoms with van der Waals surface area (Å²) < 4.78 is 21.4. The number of nitrogens with two attached hydrogens (primary N) is 1. The zero-order valence-corrected chi connectivity index (χ0v) is 19.0. The van der Waals surface area contributed by atoms with E-state index in [9.17, 15) is 19.1 Å². The highest BCUT2D eigenvalue weighted by Gasteiger charge is 2.45. The van der Waals surface area contributed by atoms with Gasteiger partial charge in [0.2, 0.25) is 0 Å². The summed E-state index contributed by atoms with van der Waals surface area (Å²) in [5.41, 5.74) is 9.72. The first-order chi connectivity index (χ1) is 15.3. The summed E-state index contributed by atoms with van der Waals surface area (Å²) in [6, 6.07) is 2.84. The van der Waals surface area contributed by atoms with Crippen molar-refractivity contribution < 1.29 is 19.0 Å². The van der Waals surface area contributed by atoms with Gasteiger partial charge in [-0.15, -0.1) is 12.4 Å². The van der Waals surface area contributed by atoms with E-state index in [1.807, 2.05) is 0 Å². The van der Waals surface area contributed by atoms with Gasteiger partial charge < -0.3 is 20.1 Å². The Morgan fingerprint density at radius 2 is 2.06 bits per heavy atom. The summed E-state index contributed by atoms with van der Waals surface area (Å²) >= 11 is 0. The Morgan fingerprint density at radius 3 is 2.79 bits per heavy atom. The van der Waals surface area contributed by atoms with Crippen LogP contribution in [-0.4, -0.2) is 20.6 Å². The predicted molar refractivity (Wildman–Crippen MR) is 122 cm³/mol. The number of esters is 1. The summed E-state index contributed by atoms with van der Waals surface area (Å²) in [6.07, 6.45) is 1.44. The highest BCUT2D eigenvalue weighted by atomic mass is 35.5. The standard InChI is InChI=1S/C24H22FN3O4.ClH/c1-3-24(31)14-6-18-21-12(8-28(18)22(29)13(14)9-32-23(24)30)19-16(26)5-4-11-10(2)15(25)7-17(27-21)20(11)19;/h6-7,16,31H,3-5,8-9,26H2,1-2H3;1H/t16-,24-;/m0./s1. The number of benzene rings is 1. The quantitative estimate of drug-likeness (QED) is 0.413. The number of carbonyl (C=O) groups is 1. The number of hydrogen-bond acceptors (Lipinski definition) is 6. The molecule has 0 saturated carbocycles. The maximum atomic E-state index is 14.7. The lowest BCUT2D eigenvalue weighted by Gasteiger charge is -2.31. The van der Waals surface area contributed by atoms with Crippen molar-refractivity contribution in [1.82, 2.24) is 9.55 Å². The molecule has 1 aliphatic carbocycles. The molecule has 0 radical (unpaired) electrons. The molecule has 6 rings (SSSR count). The Kier molecular flexibility index (Phi) is 4.73. The fourth-order valence-corrected chi connectivity index (χ4v) is 5.59. The van der Waals surface area contributed by atoms with Gasteiger partial charge in [-0.25, -0.2) is 14.2 Å². The second-order valence-electron chi connectivity index (χ2n) is 8.96. The molecule has 0 saturated heterocycles. The van der Waals surface area contributed by atoms with Crippen molar-refractivity contribution in [2.45, 2.75) is 57.9 Å². The van der Waals surface area contributed by atoms with E-state index < -0.39 is 11.6 Å². The first kappa shape index (κ1) is 22.0. The third-order valence-electron chi connectivity index (χ3n) is 7.42. The van der Waals surface area contributed by atoms with Gasteiger partial charge in [-0.2, -0.15) is 0 Å². The Morgan fingerprint density at radius 1 is 1.30 bits per heavy atom. The first-order valence-electron chi connectivity index (χ1n) is 10.8. The number of halogens is 2. The molecule has 1 aromatic carbocycles. The van der Waals surface area contributed by atoms with Gasteiger partial charge in [0.05, 0.1) is 29.0 Å². The molecular weight excluding hydrogens is 449 g/mol. The molecule has 0 fully saturated rings. The molecule has 172 valence electrons. The van der Waals surface area contributed by atoms with E-state index in [0.717, 1.165) is 22.1 Å². The first-order valence-corrected chi connectivity index (χ1v) is 10.8. The topological polar surface area (TPSA) is 107 Å². The zero-order valence-electron chi connectivity index (χ0n) is 18.2. The molecule has 2 aliphatic heterocycles. The third kappa shape index (κ3) is 2.65. The third-order valence-corrected chi connectivity index (χ3v) is 7.42. The molecule has 3 aromatic rings. The van der Waals surface area contributed by atoms with E-state index >= 15 is 0 Å². The molecule has 0 bridgehead atoms. The van der Waals surface area contributed by atoms with Crippen molar-refractivity contribution >= 4 is 29.3 Å². The van der Waals surface area contributed by atoms with Gasteiger partial charge in [0.15, 0.2) is 5.60 Å². The van der Waals surface area contributed by atoms with E-state index in [1.54, 1.807) is 24.5 Å². The fraction of sp³-hybridized carbons (Fsp3) is 0.375. The Balaban J connectivity index is 0.00000228. The van der Waals surface area contributed by atoms with Crippen LogP contribution in [-0.2, 0) is 34.7 Å². The molecule has 9 heteroatoms. The van der Waals surface area contributed by atoms with E-state index in [0.29, 0.717) is 35.3 Å². The number of aliphatic hydroxyl groups is 1. The molecule has 2 aromatic heterocycles. The molecule has 33 heavy (non-hydrogen) atoms. The monoisotopic (exact) mass is 471 g/mol. The summed E-state index contributed by atoms with van der Waals surface area (Å²) in [4.78, 5) is 30.5. The van der Waals surface area contributed by atoms with Crippen molar-refractivity contribution in [3.8, 4) is 11.4 Å². The van der Waals surface area contributed by atoms with Crippen LogP contribution in [0.1, 0.15) is 59.2 Å². The van der Waals surface area contributed by atoms with Crippen molar-refractivity contribution in [2.24, 2.45) is 5.73 Å². The summed E-state index contributed by atoms with van der Waals surface area (Å²) in [5, 5.41) is 11.9. The molecule has 2 atom stereocenters. The molecule has 3 aliphatic rings. The van der Waals surface area contributed by atoms with Crippen molar-refractivity contribution in [1.29, 1.82) is 0 Å². The average Bonchev–Trinajstić information content (AvgIpc) is 3.14. The number of nitrogens with zero attached hydrogens (tertiary/aromatic N) is 2. The lowest BCUT2D eigenvalue weighted by atomic mass is 9.82. The van der Waals surface area contributed by atoms with Crippen LogP contribution < -0.4 is 11.3 Å². The van der Waals surface area contributed by atoms with Crippen LogP contribution in [0.25, 0.3) is 22.3 Å². The summed E-state index contributed by atoms with van der Waals surface area (Å²) in [5.74, 6) is -1.08. The van der Waals surface area contributed by atoms with E-state index in [-0.39, 0.29) is 60.5 Å². The van der Waals surface area contributed by atoms with E-state index in [4.69, 9.17) is 15.5 Å². The minimum atomic E-state index is -1.89. The van der Waals surface area contributed by atoms with Crippen LogP contribution in [0.3, 0.4) is 0 Å². The number of aromatic nitrogens is 2. The Hall–Kier alpha value is -2.81. The molecular formula is C24H23ClFN3O4. The number of carbonyl (C=O) groups excluding carboxylic acids is 1. The summed E-state index contributed by atoms with van der Waals surface area (Å²) in [7, 11) is 0. The molecule has 0 unspecified atom stereocenters. The van der Waals surface area contributed by atoms with Crippen LogP contribution in [0.5, 0.6) is 0 Å². The number of fused-ring (bicyclic) bond motifs is 5. The van der Waals surface area contributed by atoms with Gasteiger partial charge >= 0.3 is 5.97 Å². The number of rotatable bonds is 1. The second-order valence-corrected chi connectivity index (χ2v) is 8.96. The maximum Gasteiger partial charge on any atom is 0.343 e. The Bertz CT molecular complexity index is 1450. The molecule has 0 spiro atoms. The predicted octanol–water partition coefficient (Wildman–Crippen LogP) is 2.89. The maximum absolute atomic E-state index is 14.7.